The molecular formula is C13H22CoN5O7S-. The first-order valence-corrected chi connectivity index (χ1v) is 7.66. The van der Waals surface area contributed by atoms with E-state index in [1.54, 1.807) is 37.2 Å². The molecule has 0 aliphatic heterocycles. The van der Waals surface area contributed by atoms with Crippen LogP contribution in [0.15, 0.2) is 63.7 Å². The number of nitroso groups, excluding NO2 is 2. The van der Waals surface area contributed by atoms with Crippen LogP contribution in [0.5, 0.6) is 0 Å². The first-order chi connectivity index (χ1) is 12.2. The minimum atomic E-state index is -2.86. The predicted molar refractivity (Wildman–Crippen MR) is 94.0 cm³/mol. The maximum Gasteiger partial charge on any atom is 0.103 e. The molecule has 1 atom stereocenters. The molecule has 1 rings (SSSR count). The molecule has 1 aromatic rings. The number of hydrogen-bond donors (Lipinski definition) is 5. The predicted octanol–water partition coefficient (Wildman–Crippen LogP) is 2.38. The Bertz CT molecular complexity index is 527. The third-order valence-electron chi connectivity index (χ3n) is 2.26. The molecule has 5 N–H and O–H groups in total. The van der Waals surface area contributed by atoms with Crippen molar-refractivity contribution in [2.75, 3.05) is 0 Å². The van der Waals surface area contributed by atoms with Gasteiger partial charge >= 0.3 is 0 Å². The molecule has 1 heterocycles. The minimum Gasteiger partial charge on any atom is -0.750 e. The molecule has 12 nitrogen and oxygen atoms in total. The number of aromatic nitrogens is 1. The fourth-order valence-electron chi connectivity index (χ4n) is 0.611. The number of nitrogens with zero attached hydrogens (tertiary/aromatic N) is 3. The van der Waals surface area contributed by atoms with E-state index in [0.717, 1.165) is 0 Å². The second-order valence-electron chi connectivity index (χ2n) is 4.07. The SMILES string of the molecule is C/C(N=O)=C(\C)NO.C/C(N=O)=C(\C)NO.O=S([O-])O.[Co].c1ccncc1. The quantitative estimate of drug-likeness (QED) is 0.257. The molecule has 0 fully saturated rings. The number of pyridine rings is 1. The van der Waals surface area contributed by atoms with Crippen LogP contribution in [0.25, 0.3) is 0 Å². The van der Waals surface area contributed by atoms with Crippen LogP contribution in [0, 0.1) is 9.81 Å². The Morgan fingerprint density at radius 2 is 1.22 bits per heavy atom. The molecule has 0 aliphatic rings. The van der Waals surface area contributed by atoms with Crippen LogP contribution in [0.2, 0.25) is 0 Å². The van der Waals surface area contributed by atoms with Crippen LogP contribution in [0.4, 0.5) is 0 Å². The van der Waals surface area contributed by atoms with Gasteiger partial charge in [0.15, 0.2) is 0 Å². The van der Waals surface area contributed by atoms with E-state index in [2.05, 4.69) is 15.3 Å². The largest absolute Gasteiger partial charge is 0.750 e. The van der Waals surface area contributed by atoms with Gasteiger partial charge in [0, 0.05) is 29.2 Å². The van der Waals surface area contributed by atoms with Crippen LogP contribution in [0.1, 0.15) is 27.7 Å². The fraction of sp³-hybridized carbons (Fsp3) is 0.308. The standard InChI is InChI=1S/C5H5N.2C4H8N2O2.Co.H2O3S/c1-2-4-6-5-3-1;2*1-3(5-7)4(2)6-8;;1-4(2)3/h1-5H;2*5,7H,1-2H3;;(H2,1,2,3)/p-1/b;2*4-3-;;. The average molecular weight is 451 g/mol. The summed E-state index contributed by atoms with van der Waals surface area (Å²) in [6, 6.07) is 5.72. The minimum absolute atomic E-state index is 0. The van der Waals surface area contributed by atoms with Crippen molar-refractivity contribution in [1.29, 1.82) is 0 Å². The van der Waals surface area contributed by atoms with E-state index in [0.29, 0.717) is 11.4 Å². The summed E-state index contributed by atoms with van der Waals surface area (Å²) in [4.78, 5) is 23.1. The van der Waals surface area contributed by atoms with Crippen LogP contribution >= 0.6 is 0 Å². The average Bonchev–Trinajstić information content (AvgIpc) is 2.67. The smallest absolute Gasteiger partial charge is 0.103 e. The van der Waals surface area contributed by atoms with E-state index in [1.165, 1.54) is 13.8 Å². The summed E-state index contributed by atoms with van der Waals surface area (Å²) in [6.07, 6.45) is 3.50. The molecular weight excluding hydrogens is 429 g/mol. The van der Waals surface area contributed by atoms with E-state index < -0.39 is 11.4 Å². The molecule has 0 saturated carbocycles. The molecule has 157 valence electrons. The Morgan fingerprint density at radius 1 is 0.926 bits per heavy atom. The monoisotopic (exact) mass is 451 g/mol. The number of rotatable bonds is 4. The number of allylic oxidation sites excluding steroid dienone is 4. The summed E-state index contributed by atoms with van der Waals surface area (Å²) in [6.45, 7) is 6.12. The second-order valence-corrected chi connectivity index (χ2v) is 4.50. The van der Waals surface area contributed by atoms with E-state index in [1.807, 2.05) is 18.2 Å². The molecule has 0 spiro atoms. The number of hydroxylamine groups is 2. The molecule has 1 unspecified atom stereocenters. The van der Waals surface area contributed by atoms with Crippen molar-refractivity contribution in [3.8, 4) is 0 Å². The fourth-order valence-corrected chi connectivity index (χ4v) is 0.611. The molecule has 0 bridgehead atoms. The van der Waals surface area contributed by atoms with Crippen molar-refractivity contribution in [2.45, 2.75) is 27.7 Å². The summed E-state index contributed by atoms with van der Waals surface area (Å²) in [5.41, 5.74) is 4.87. The Labute approximate surface area is 169 Å². The third kappa shape index (κ3) is 29.0. The molecule has 0 aromatic carbocycles. The molecule has 27 heavy (non-hydrogen) atoms. The van der Waals surface area contributed by atoms with Gasteiger partial charge in [-0.25, -0.2) is 4.21 Å². The normalized spacial score (nSPS) is 11.4. The second kappa shape index (κ2) is 23.9. The van der Waals surface area contributed by atoms with Crippen LogP contribution in [-0.4, -0.2) is 28.7 Å². The van der Waals surface area contributed by atoms with Gasteiger partial charge < -0.3 is 9.11 Å². The van der Waals surface area contributed by atoms with Crippen molar-refractivity contribution >= 4 is 11.4 Å². The maximum atomic E-state index is 9.65. The Morgan fingerprint density at radius 3 is 1.30 bits per heavy atom. The number of nitrogens with one attached hydrogen (secondary N) is 2. The molecule has 1 radical (unpaired) electrons. The van der Waals surface area contributed by atoms with E-state index in [-0.39, 0.29) is 28.2 Å². The van der Waals surface area contributed by atoms with E-state index >= 15 is 0 Å². The zero-order valence-electron chi connectivity index (χ0n) is 14.9. The summed E-state index contributed by atoms with van der Waals surface area (Å²) < 4.78 is 24.1. The van der Waals surface area contributed by atoms with Gasteiger partial charge in [0.25, 0.3) is 0 Å². The maximum absolute atomic E-state index is 9.65. The first kappa shape index (κ1) is 32.6. The van der Waals surface area contributed by atoms with Gasteiger partial charge in [0.2, 0.25) is 0 Å². The van der Waals surface area contributed by atoms with Crippen LogP contribution in [-0.2, 0) is 28.1 Å². The first-order valence-electron chi connectivity index (χ1n) is 6.63. The molecule has 0 amide bonds. The summed E-state index contributed by atoms with van der Waals surface area (Å²) in [7, 11) is 0. The third-order valence-corrected chi connectivity index (χ3v) is 2.26. The molecule has 1 aromatic heterocycles. The van der Waals surface area contributed by atoms with E-state index in [9.17, 15) is 9.81 Å². The van der Waals surface area contributed by atoms with Gasteiger partial charge in [0.05, 0.1) is 22.8 Å². The Kier molecular flexibility index (Phi) is 28.9. The Balaban J connectivity index is -0.000000133. The van der Waals surface area contributed by atoms with Gasteiger partial charge in [-0.05, 0) is 50.2 Å². The zero-order chi connectivity index (χ0) is 21.0. The molecule has 14 heteroatoms. The Hall–Kier alpha value is -2.07. The van der Waals surface area contributed by atoms with Gasteiger partial charge in [-0.2, -0.15) is 0 Å². The molecule has 0 aliphatic carbocycles. The van der Waals surface area contributed by atoms with Gasteiger partial charge in [-0.15, -0.1) is 9.81 Å². The topological polar surface area (TPSA) is 197 Å². The van der Waals surface area contributed by atoms with Crippen molar-refractivity contribution < 1.29 is 40.5 Å². The van der Waals surface area contributed by atoms with Gasteiger partial charge in [-0.3, -0.25) is 26.4 Å². The van der Waals surface area contributed by atoms with Crippen molar-refractivity contribution in [3.63, 3.8) is 0 Å². The molecule has 0 saturated heterocycles. The summed E-state index contributed by atoms with van der Waals surface area (Å²) in [5.74, 6) is 0. The van der Waals surface area contributed by atoms with E-state index in [4.69, 9.17) is 23.7 Å². The van der Waals surface area contributed by atoms with Crippen LogP contribution < -0.4 is 11.0 Å². The van der Waals surface area contributed by atoms with Gasteiger partial charge in [-0.1, -0.05) is 6.07 Å². The zero-order valence-corrected chi connectivity index (χ0v) is 16.8. The van der Waals surface area contributed by atoms with Crippen molar-refractivity contribution in [3.05, 3.63) is 63.2 Å². The van der Waals surface area contributed by atoms with Crippen molar-refractivity contribution in [1.82, 2.24) is 15.9 Å². The summed E-state index contributed by atoms with van der Waals surface area (Å²) >= 11 is -2.86. The summed E-state index contributed by atoms with van der Waals surface area (Å²) in [5, 5.41) is 21.4. The van der Waals surface area contributed by atoms with Crippen LogP contribution in [0.3, 0.4) is 0 Å². The van der Waals surface area contributed by atoms with Gasteiger partial charge in [0.1, 0.15) is 11.4 Å². The number of hydrogen-bond acceptors (Lipinski definition) is 11. The van der Waals surface area contributed by atoms with Crippen molar-refractivity contribution in [2.24, 2.45) is 10.4 Å².